The lowest BCUT2D eigenvalue weighted by Crippen LogP contribution is -1.95. The van der Waals surface area contributed by atoms with E-state index in [2.05, 4.69) is 23.0 Å². The van der Waals surface area contributed by atoms with Crippen molar-refractivity contribution in [3.05, 3.63) is 59.4 Å². The zero-order valence-corrected chi connectivity index (χ0v) is 15.0. The number of furan rings is 1. The van der Waals surface area contributed by atoms with Gasteiger partial charge < -0.3 is 4.42 Å². The van der Waals surface area contributed by atoms with Gasteiger partial charge in [-0.15, -0.1) is 0 Å². The summed E-state index contributed by atoms with van der Waals surface area (Å²) in [4.78, 5) is 9.19. The number of benzene rings is 1. The van der Waals surface area contributed by atoms with E-state index in [1.807, 2.05) is 37.4 Å². The molecule has 5 rings (SSSR count). The average Bonchev–Trinajstić information content (AvgIpc) is 3.20. The minimum absolute atomic E-state index is 0.388. The number of nitrogens with zero attached hydrogens (tertiary/aromatic N) is 2. The molecule has 3 heterocycles. The van der Waals surface area contributed by atoms with Crippen LogP contribution in [0.25, 0.3) is 33.3 Å². The Morgan fingerprint density at radius 2 is 2.04 bits per heavy atom. The molecule has 1 unspecified atom stereocenters. The number of aromatic nitrogens is 2. The highest BCUT2D eigenvalue weighted by atomic mass is 16.3. The summed E-state index contributed by atoms with van der Waals surface area (Å²) in [5.74, 6) is -1.33. The summed E-state index contributed by atoms with van der Waals surface area (Å²) in [5.41, 5.74) is 5.67. The number of hydrogen-bond acceptors (Lipinski definition) is 3. The minimum atomic E-state index is -1.59. The van der Waals surface area contributed by atoms with Gasteiger partial charge in [0.2, 0.25) is 5.71 Å². The standard InChI is InChI=1S/C23H22N2O/c1-14-12-21(24-13-15(14)2)19-9-5-8-17-18-10-11-20(16-6-3-4-7-16)25-23(18)26-22(17)19/h5,8-13,16H,3-4,6-7H2,1-2H3/i6D2,16D. The Balaban J connectivity index is 1.71. The Morgan fingerprint density at radius 3 is 2.85 bits per heavy atom. The first-order valence-corrected chi connectivity index (χ1v) is 9.07. The molecule has 1 atom stereocenters. The predicted octanol–water partition coefficient (Wildman–Crippen LogP) is 6.32. The summed E-state index contributed by atoms with van der Waals surface area (Å²) in [5, 5.41) is 1.82. The van der Waals surface area contributed by atoms with Crippen LogP contribution in [-0.2, 0) is 0 Å². The maximum atomic E-state index is 8.77. The van der Waals surface area contributed by atoms with E-state index in [1.165, 1.54) is 5.56 Å². The largest absolute Gasteiger partial charge is 0.437 e. The van der Waals surface area contributed by atoms with Crippen molar-refractivity contribution in [1.29, 1.82) is 0 Å². The van der Waals surface area contributed by atoms with E-state index in [-0.39, 0.29) is 0 Å². The smallest absolute Gasteiger partial charge is 0.227 e. The van der Waals surface area contributed by atoms with Crippen molar-refractivity contribution < 1.29 is 8.53 Å². The number of aryl methyl sites for hydroxylation is 2. The van der Waals surface area contributed by atoms with E-state index in [4.69, 9.17) is 8.53 Å². The first-order chi connectivity index (χ1) is 13.8. The molecule has 1 saturated carbocycles. The maximum absolute atomic E-state index is 8.77. The number of fused-ring (bicyclic) bond motifs is 3. The van der Waals surface area contributed by atoms with Gasteiger partial charge in [0.1, 0.15) is 5.58 Å². The van der Waals surface area contributed by atoms with Gasteiger partial charge in [-0.1, -0.05) is 25.0 Å². The van der Waals surface area contributed by atoms with Crippen LogP contribution < -0.4 is 0 Å². The van der Waals surface area contributed by atoms with Gasteiger partial charge in [-0.05, 0) is 62.0 Å². The van der Waals surface area contributed by atoms with E-state index in [1.54, 1.807) is 6.07 Å². The molecular formula is C23H22N2O. The van der Waals surface area contributed by atoms with Gasteiger partial charge in [0.15, 0.2) is 0 Å². The van der Waals surface area contributed by atoms with Gasteiger partial charge in [0.05, 0.1) is 5.69 Å². The first-order valence-electron chi connectivity index (χ1n) is 10.6. The van der Waals surface area contributed by atoms with E-state index < -0.39 is 12.3 Å². The van der Waals surface area contributed by atoms with E-state index in [0.717, 1.165) is 33.2 Å². The molecule has 3 nitrogen and oxygen atoms in total. The van der Waals surface area contributed by atoms with E-state index in [9.17, 15) is 0 Å². The van der Waals surface area contributed by atoms with E-state index in [0.29, 0.717) is 30.7 Å². The second kappa shape index (κ2) is 5.94. The summed E-state index contributed by atoms with van der Waals surface area (Å²) < 4.78 is 31.5. The topological polar surface area (TPSA) is 38.9 Å². The molecule has 0 spiro atoms. The average molecular weight is 345 g/mol. The van der Waals surface area contributed by atoms with Gasteiger partial charge in [-0.2, -0.15) is 0 Å². The lowest BCUT2D eigenvalue weighted by atomic mass is 10.0. The van der Waals surface area contributed by atoms with Crippen molar-refractivity contribution >= 4 is 22.1 Å². The molecule has 0 bridgehead atoms. The van der Waals surface area contributed by atoms with Crippen LogP contribution in [0.5, 0.6) is 0 Å². The lowest BCUT2D eigenvalue weighted by Gasteiger charge is -2.06. The van der Waals surface area contributed by atoms with Gasteiger partial charge in [0, 0.05) is 38.2 Å². The molecule has 1 aliphatic carbocycles. The van der Waals surface area contributed by atoms with Crippen molar-refractivity contribution in [2.45, 2.75) is 45.4 Å². The van der Waals surface area contributed by atoms with Crippen LogP contribution in [0, 0.1) is 13.8 Å². The summed E-state index contributed by atoms with van der Waals surface area (Å²) in [6.45, 7) is 4.11. The van der Waals surface area contributed by atoms with Crippen molar-refractivity contribution in [2.75, 3.05) is 0 Å². The third kappa shape index (κ3) is 2.42. The zero-order chi connectivity index (χ0) is 20.4. The number of pyridine rings is 2. The highest BCUT2D eigenvalue weighted by Crippen LogP contribution is 2.37. The zero-order valence-electron chi connectivity index (χ0n) is 18.0. The lowest BCUT2D eigenvalue weighted by molar-refractivity contribution is 0.638. The van der Waals surface area contributed by atoms with Crippen molar-refractivity contribution in [1.82, 2.24) is 9.97 Å². The Morgan fingerprint density at radius 1 is 1.12 bits per heavy atom. The van der Waals surface area contributed by atoms with Crippen molar-refractivity contribution in [2.24, 2.45) is 0 Å². The van der Waals surface area contributed by atoms with Crippen LogP contribution in [0.4, 0.5) is 0 Å². The van der Waals surface area contributed by atoms with Gasteiger partial charge in [-0.25, -0.2) is 4.98 Å². The normalized spacial score (nSPS) is 23.8. The maximum Gasteiger partial charge on any atom is 0.227 e. The molecular weight excluding hydrogens is 320 g/mol. The number of hydrogen-bond donors (Lipinski definition) is 0. The highest BCUT2D eigenvalue weighted by Gasteiger charge is 2.20. The monoisotopic (exact) mass is 345 g/mol. The Bertz CT molecular complexity index is 1260. The highest BCUT2D eigenvalue weighted by molar-refractivity contribution is 6.08. The van der Waals surface area contributed by atoms with Crippen LogP contribution in [0.3, 0.4) is 0 Å². The summed E-state index contributed by atoms with van der Waals surface area (Å²) in [6.07, 6.45) is 1.83. The summed E-state index contributed by atoms with van der Waals surface area (Å²) >= 11 is 0. The SMILES string of the molecule is [2H]C1([2H])CCCC1([2H])c1ccc2c(n1)oc1c(-c3cc(C)c(C)cn3)cccc12. The fourth-order valence-electron chi connectivity index (χ4n) is 3.63. The third-order valence-corrected chi connectivity index (χ3v) is 5.26. The molecule has 4 aromatic rings. The van der Waals surface area contributed by atoms with Crippen LogP contribution in [0.15, 0.2) is 47.0 Å². The third-order valence-electron chi connectivity index (χ3n) is 5.26. The molecule has 3 heteroatoms. The molecule has 1 aromatic carbocycles. The van der Waals surface area contributed by atoms with Crippen molar-refractivity contribution in [3.63, 3.8) is 0 Å². The first kappa shape index (κ1) is 12.6. The second-order valence-corrected chi connectivity index (χ2v) is 7.00. The van der Waals surface area contributed by atoms with Gasteiger partial charge in [-0.3, -0.25) is 4.98 Å². The molecule has 1 fully saturated rings. The van der Waals surface area contributed by atoms with Gasteiger partial charge >= 0.3 is 0 Å². The fourth-order valence-corrected chi connectivity index (χ4v) is 3.63. The molecule has 3 aromatic heterocycles. The summed E-state index contributed by atoms with van der Waals surface area (Å²) in [6, 6.07) is 11.7. The van der Waals surface area contributed by atoms with Crippen LogP contribution in [-0.4, -0.2) is 9.97 Å². The van der Waals surface area contributed by atoms with Gasteiger partial charge in [0.25, 0.3) is 0 Å². The number of rotatable bonds is 2. The quantitative estimate of drug-likeness (QED) is 0.427. The number of para-hydroxylation sites is 1. The van der Waals surface area contributed by atoms with Crippen LogP contribution in [0.1, 0.15) is 52.5 Å². The Hall–Kier alpha value is -2.68. The van der Waals surface area contributed by atoms with Crippen LogP contribution in [0.2, 0.25) is 0 Å². The molecule has 0 radical (unpaired) electrons. The second-order valence-electron chi connectivity index (χ2n) is 7.00. The Labute approximate surface area is 157 Å². The molecule has 130 valence electrons. The molecule has 0 amide bonds. The molecule has 26 heavy (non-hydrogen) atoms. The van der Waals surface area contributed by atoms with Crippen molar-refractivity contribution in [3.8, 4) is 11.3 Å². The molecule has 1 aliphatic rings. The van der Waals surface area contributed by atoms with E-state index >= 15 is 0 Å². The Kier molecular flexibility index (Phi) is 2.89. The molecule has 0 aliphatic heterocycles. The van der Waals surface area contributed by atoms with Crippen LogP contribution >= 0.6 is 0 Å². The predicted molar refractivity (Wildman–Crippen MR) is 105 cm³/mol. The molecule has 0 saturated heterocycles. The fraction of sp³-hybridized carbons (Fsp3) is 0.304. The molecule has 0 N–H and O–H groups in total. The minimum Gasteiger partial charge on any atom is -0.437 e. The summed E-state index contributed by atoms with van der Waals surface area (Å²) in [7, 11) is 0.